The van der Waals surface area contributed by atoms with Gasteiger partial charge in [0.2, 0.25) is 5.79 Å². The molecule has 0 spiro atoms. The van der Waals surface area contributed by atoms with Gasteiger partial charge in [0.25, 0.3) is 5.91 Å². The maximum atomic E-state index is 10.9. The number of hydrogen-bond donors (Lipinski definition) is 3. The molecular formula is C10H12N2O5. The summed E-state index contributed by atoms with van der Waals surface area (Å²) in [6, 6.07) is 4.11. The minimum Gasteiger partial charge on any atom is -0.378 e. The minimum atomic E-state index is -2.38. The van der Waals surface area contributed by atoms with Gasteiger partial charge in [0.15, 0.2) is 12.4 Å². The van der Waals surface area contributed by atoms with E-state index in [9.17, 15) is 19.8 Å². The third-order valence-electron chi connectivity index (χ3n) is 2.21. The molecule has 0 aliphatic heterocycles. The fourth-order valence-electron chi connectivity index (χ4n) is 1.27. The number of primary amides is 1. The summed E-state index contributed by atoms with van der Waals surface area (Å²) in [7, 11) is 1.07. The molecule has 0 radical (unpaired) electrons. The number of nitrogens with zero attached hydrogens (tertiary/aromatic N) is 1. The van der Waals surface area contributed by atoms with E-state index in [4.69, 9.17) is 5.73 Å². The SMILES string of the molecule is COC(O)(c1cccc(C=O)n1)C(O)C(N)=O. The molecule has 1 aromatic heterocycles. The first-order chi connectivity index (χ1) is 7.95. The Labute approximate surface area is 96.8 Å². The first kappa shape index (κ1) is 13.2. The minimum absolute atomic E-state index is 0.0228. The maximum Gasteiger partial charge on any atom is 0.252 e. The lowest BCUT2D eigenvalue weighted by Gasteiger charge is -2.28. The molecule has 0 fully saturated rings. The predicted octanol–water partition coefficient (Wildman–Crippen LogP) is -1.47. The molecule has 17 heavy (non-hydrogen) atoms. The fraction of sp³-hybridized carbons (Fsp3) is 0.300. The number of aliphatic hydroxyl groups excluding tert-OH is 1. The molecule has 1 amide bonds. The molecule has 0 aliphatic carbocycles. The lowest BCUT2D eigenvalue weighted by molar-refractivity contribution is -0.248. The van der Waals surface area contributed by atoms with Gasteiger partial charge in [0.1, 0.15) is 11.4 Å². The van der Waals surface area contributed by atoms with Crippen molar-refractivity contribution in [3.8, 4) is 0 Å². The molecule has 7 nitrogen and oxygen atoms in total. The Kier molecular flexibility index (Phi) is 3.89. The Hall–Kier alpha value is -1.83. The van der Waals surface area contributed by atoms with Crippen LogP contribution in [0.1, 0.15) is 16.2 Å². The number of pyridine rings is 1. The number of nitrogens with two attached hydrogens (primary N) is 1. The van der Waals surface area contributed by atoms with Crippen LogP contribution in [0.15, 0.2) is 18.2 Å². The summed E-state index contributed by atoms with van der Waals surface area (Å²) in [5.41, 5.74) is 4.72. The first-order valence-corrected chi connectivity index (χ1v) is 4.63. The molecule has 4 N–H and O–H groups in total. The van der Waals surface area contributed by atoms with Gasteiger partial charge in [-0.2, -0.15) is 0 Å². The standard InChI is InChI=1S/C10H12N2O5/c1-17-10(16,8(14)9(11)15)7-4-2-3-6(5-13)12-7/h2-5,8,14,16H,1H3,(H2,11,15). The van der Waals surface area contributed by atoms with E-state index >= 15 is 0 Å². The quantitative estimate of drug-likeness (QED) is 0.426. The van der Waals surface area contributed by atoms with Crippen LogP contribution in [0.2, 0.25) is 0 Å². The number of carbonyl (C=O) groups excluding carboxylic acids is 2. The summed E-state index contributed by atoms with van der Waals surface area (Å²) in [6.07, 6.45) is -1.54. The number of methoxy groups -OCH3 is 1. The molecule has 0 aromatic carbocycles. The van der Waals surface area contributed by atoms with Gasteiger partial charge in [-0.05, 0) is 12.1 Å². The Morgan fingerprint density at radius 3 is 2.76 bits per heavy atom. The third kappa shape index (κ3) is 2.47. The van der Waals surface area contributed by atoms with Gasteiger partial charge < -0.3 is 20.7 Å². The second kappa shape index (κ2) is 5.00. The molecule has 2 atom stereocenters. The zero-order chi connectivity index (χ0) is 13.1. The molecule has 0 bridgehead atoms. The van der Waals surface area contributed by atoms with E-state index in [1.165, 1.54) is 18.2 Å². The molecule has 1 heterocycles. The topological polar surface area (TPSA) is 123 Å². The van der Waals surface area contributed by atoms with Gasteiger partial charge in [-0.15, -0.1) is 0 Å². The maximum absolute atomic E-state index is 10.9. The van der Waals surface area contributed by atoms with E-state index in [1.54, 1.807) is 0 Å². The Morgan fingerprint density at radius 2 is 2.29 bits per heavy atom. The van der Waals surface area contributed by atoms with Crippen molar-refractivity contribution in [2.75, 3.05) is 7.11 Å². The number of rotatable bonds is 5. The second-order valence-corrected chi connectivity index (χ2v) is 3.27. The van der Waals surface area contributed by atoms with E-state index < -0.39 is 17.8 Å². The zero-order valence-electron chi connectivity index (χ0n) is 9.03. The van der Waals surface area contributed by atoms with Crippen LogP contribution in [0, 0.1) is 0 Å². The first-order valence-electron chi connectivity index (χ1n) is 4.63. The summed E-state index contributed by atoms with van der Waals surface area (Å²) in [6.45, 7) is 0. The summed E-state index contributed by atoms with van der Waals surface area (Å²) in [4.78, 5) is 25.1. The van der Waals surface area contributed by atoms with E-state index in [-0.39, 0.29) is 11.4 Å². The molecule has 1 aromatic rings. The van der Waals surface area contributed by atoms with Crippen molar-refractivity contribution in [3.63, 3.8) is 0 Å². The molecule has 1 rings (SSSR count). The average Bonchev–Trinajstić information content (AvgIpc) is 2.36. The zero-order valence-corrected chi connectivity index (χ0v) is 9.03. The summed E-state index contributed by atoms with van der Waals surface area (Å²) >= 11 is 0. The van der Waals surface area contributed by atoms with Crippen molar-refractivity contribution in [2.45, 2.75) is 11.9 Å². The lowest BCUT2D eigenvalue weighted by Crippen LogP contribution is -2.49. The van der Waals surface area contributed by atoms with Crippen molar-refractivity contribution >= 4 is 12.2 Å². The van der Waals surface area contributed by atoms with Gasteiger partial charge in [-0.25, -0.2) is 4.98 Å². The fourth-order valence-corrected chi connectivity index (χ4v) is 1.27. The molecule has 0 saturated heterocycles. The van der Waals surface area contributed by atoms with Gasteiger partial charge in [-0.3, -0.25) is 9.59 Å². The molecule has 0 aliphatic rings. The third-order valence-corrected chi connectivity index (χ3v) is 2.21. The Balaban J connectivity index is 3.24. The molecular weight excluding hydrogens is 228 g/mol. The largest absolute Gasteiger partial charge is 0.378 e. The van der Waals surface area contributed by atoms with E-state index in [0.717, 1.165) is 7.11 Å². The van der Waals surface area contributed by atoms with Crippen LogP contribution < -0.4 is 5.73 Å². The van der Waals surface area contributed by atoms with Crippen LogP contribution in [0.3, 0.4) is 0 Å². The molecule has 0 saturated carbocycles. The van der Waals surface area contributed by atoms with Gasteiger partial charge >= 0.3 is 0 Å². The van der Waals surface area contributed by atoms with Crippen molar-refractivity contribution in [3.05, 3.63) is 29.6 Å². The highest BCUT2D eigenvalue weighted by atomic mass is 16.6. The molecule has 2 unspecified atom stereocenters. The normalized spacial score (nSPS) is 15.9. The number of carbonyl (C=O) groups is 2. The van der Waals surface area contributed by atoms with Crippen molar-refractivity contribution in [2.24, 2.45) is 5.73 Å². The number of hydrogen-bond acceptors (Lipinski definition) is 6. The van der Waals surface area contributed by atoms with E-state index in [2.05, 4.69) is 9.72 Å². The average molecular weight is 240 g/mol. The number of amides is 1. The van der Waals surface area contributed by atoms with Gasteiger partial charge in [0, 0.05) is 7.11 Å². The Morgan fingerprint density at radius 1 is 1.65 bits per heavy atom. The van der Waals surface area contributed by atoms with Crippen LogP contribution in [0.4, 0.5) is 0 Å². The van der Waals surface area contributed by atoms with Crippen molar-refractivity contribution < 1.29 is 24.5 Å². The number of aromatic nitrogens is 1. The summed E-state index contributed by atoms with van der Waals surface area (Å²) < 4.78 is 4.67. The summed E-state index contributed by atoms with van der Waals surface area (Å²) in [5, 5.41) is 19.5. The summed E-state index contributed by atoms with van der Waals surface area (Å²) in [5.74, 6) is -3.56. The smallest absolute Gasteiger partial charge is 0.252 e. The van der Waals surface area contributed by atoms with Gasteiger partial charge in [0.05, 0.1) is 0 Å². The monoisotopic (exact) mass is 240 g/mol. The van der Waals surface area contributed by atoms with Gasteiger partial charge in [-0.1, -0.05) is 6.07 Å². The predicted molar refractivity (Wildman–Crippen MR) is 55.7 cm³/mol. The number of aldehydes is 1. The lowest BCUT2D eigenvalue weighted by atomic mass is 10.0. The number of ether oxygens (including phenoxy) is 1. The van der Waals surface area contributed by atoms with E-state index in [1.807, 2.05) is 0 Å². The highest BCUT2D eigenvalue weighted by molar-refractivity contribution is 5.80. The van der Waals surface area contributed by atoms with Crippen molar-refractivity contribution in [1.82, 2.24) is 4.98 Å². The second-order valence-electron chi connectivity index (χ2n) is 3.27. The number of aliphatic hydroxyl groups is 2. The van der Waals surface area contributed by atoms with Crippen LogP contribution in [-0.2, 0) is 15.3 Å². The van der Waals surface area contributed by atoms with Crippen LogP contribution in [-0.4, -0.2) is 40.6 Å². The highest BCUT2D eigenvalue weighted by Crippen LogP contribution is 2.24. The van der Waals surface area contributed by atoms with Crippen LogP contribution >= 0.6 is 0 Å². The highest BCUT2D eigenvalue weighted by Gasteiger charge is 2.43. The van der Waals surface area contributed by atoms with Crippen LogP contribution in [0.5, 0.6) is 0 Å². The van der Waals surface area contributed by atoms with E-state index in [0.29, 0.717) is 6.29 Å². The molecule has 7 heteroatoms. The molecule has 92 valence electrons. The Bertz CT molecular complexity index is 436. The van der Waals surface area contributed by atoms with Crippen molar-refractivity contribution in [1.29, 1.82) is 0 Å². The van der Waals surface area contributed by atoms with Crippen LogP contribution in [0.25, 0.3) is 0 Å².